The van der Waals surface area contributed by atoms with Crippen molar-refractivity contribution in [3.8, 4) is 11.8 Å². The maximum Gasteiger partial charge on any atom is 0.330 e. The van der Waals surface area contributed by atoms with Crippen LogP contribution in [0.5, 0.6) is 0 Å². The SMILES string of the molecule is NOCC(=O)NCC#Cc1cn([C@@H]2O[C@H](CO)[C@@H](O)[C@H]2O)c(=O)[nH]c1=O. The van der Waals surface area contributed by atoms with Gasteiger partial charge in [0, 0.05) is 6.20 Å². The van der Waals surface area contributed by atoms with Gasteiger partial charge in [-0.3, -0.25) is 24.0 Å². The molecule has 0 saturated carbocycles. The molecule has 7 N–H and O–H groups in total. The summed E-state index contributed by atoms with van der Waals surface area (Å²) in [7, 11) is 0. The number of nitrogens with one attached hydrogen (secondary N) is 2. The van der Waals surface area contributed by atoms with Gasteiger partial charge >= 0.3 is 5.69 Å². The smallest absolute Gasteiger partial charge is 0.330 e. The highest BCUT2D eigenvalue weighted by Crippen LogP contribution is 2.27. The lowest BCUT2D eigenvalue weighted by atomic mass is 10.1. The molecule has 1 aromatic heterocycles. The number of hydrogen-bond donors (Lipinski definition) is 6. The van der Waals surface area contributed by atoms with Crippen LogP contribution in [-0.4, -0.2) is 68.8 Å². The van der Waals surface area contributed by atoms with E-state index in [2.05, 4.69) is 22.0 Å². The summed E-state index contributed by atoms with van der Waals surface area (Å²) in [4.78, 5) is 41.1. The Kier molecular flexibility index (Phi) is 6.64. The van der Waals surface area contributed by atoms with Crippen LogP contribution in [-0.2, 0) is 14.4 Å². The quantitative estimate of drug-likeness (QED) is 0.219. The number of aliphatic hydroxyl groups is 3. The van der Waals surface area contributed by atoms with Gasteiger partial charge in [-0.2, -0.15) is 0 Å². The number of aromatic nitrogens is 2. The predicted molar refractivity (Wildman–Crippen MR) is 84.4 cm³/mol. The topological polar surface area (TPSA) is 189 Å². The molecule has 1 amide bonds. The molecule has 142 valence electrons. The highest BCUT2D eigenvalue weighted by molar-refractivity contribution is 5.77. The molecule has 0 spiro atoms. The van der Waals surface area contributed by atoms with E-state index in [1.807, 2.05) is 4.98 Å². The van der Waals surface area contributed by atoms with Gasteiger partial charge in [0.1, 0.15) is 30.5 Å². The predicted octanol–water partition coefficient (Wildman–Crippen LogP) is -4.49. The molecule has 1 fully saturated rings. The van der Waals surface area contributed by atoms with Gasteiger partial charge in [0.15, 0.2) is 6.23 Å². The van der Waals surface area contributed by atoms with Gasteiger partial charge in [-0.05, 0) is 0 Å². The van der Waals surface area contributed by atoms with Crippen molar-refractivity contribution in [1.29, 1.82) is 0 Å². The molecule has 1 aromatic rings. The zero-order valence-electron chi connectivity index (χ0n) is 13.4. The molecule has 12 nitrogen and oxygen atoms in total. The minimum atomic E-state index is -1.49. The first kappa shape index (κ1) is 19.8. The Bertz CT molecular complexity index is 823. The van der Waals surface area contributed by atoms with Crippen LogP contribution >= 0.6 is 0 Å². The molecule has 12 heteroatoms. The number of aliphatic hydroxyl groups excluding tert-OH is 3. The minimum absolute atomic E-state index is 0.103. The van der Waals surface area contributed by atoms with Gasteiger partial charge in [0.05, 0.1) is 13.2 Å². The van der Waals surface area contributed by atoms with Crippen LogP contribution in [0.1, 0.15) is 11.8 Å². The van der Waals surface area contributed by atoms with Gasteiger partial charge in [-0.15, -0.1) is 0 Å². The molecule has 2 heterocycles. The molecule has 0 unspecified atom stereocenters. The number of carbonyl (C=O) groups excluding carboxylic acids is 1. The van der Waals surface area contributed by atoms with Crippen LogP contribution in [0.15, 0.2) is 15.8 Å². The van der Waals surface area contributed by atoms with E-state index in [0.717, 1.165) is 10.8 Å². The van der Waals surface area contributed by atoms with E-state index in [-0.39, 0.29) is 18.7 Å². The summed E-state index contributed by atoms with van der Waals surface area (Å²) in [5, 5.41) is 31.2. The lowest BCUT2D eigenvalue weighted by Crippen LogP contribution is -2.38. The number of H-pyrrole nitrogens is 1. The Morgan fingerprint density at radius 2 is 2.15 bits per heavy atom. The van der Waals surface area contributed by atoms with Crippen molar-refractivity contribution in [2.75, 3.05) is 19.8 Å². The van der Waals surface area contributed by atoms with Crippen LogP contribution in [0.3, 0.4) is 0 Å². The van der Waals surface area contributed by atoms with E-state index >= 15 is 0 Å². The lowest BCUT2D eigenvalue weighted by molar-refractivity contribution is -0.125. The molecule has 1 saturated heterocycles. The third-order valence-electron chi connectivity index (χ3n) is 3.57. The third kappa shape index (κ3) is 4.35. The summed E-state index contributed by atoms with van der Waals surface area (Å²) in [6, 6.07) is 0. The lowest BCUT2D eigenvalue weighted by Gasteiger charge is -2.17. The maximum atomic E-state index is 12.0. The number of carbonyl (C=O) groups is 1. The number of aromatic amines is 1. The summed E-state index contributed by atoms with van der Waals surface area (Å²) >= 11 is 0. The highest BCUT2D eigenvalue weighted by Gasteiger charge is 2.43. The average Bonchev–Trinajstić information content (AvgIpc) is 2.88. The Morgan fingerprint density at radius 1 is 1.42 bits per heavy atom. The standard InChI is InChI=1S/C14H18N4O8/c15-25-6-9(20)16-3-1-2-7-4-18(14(24)17-12(7)23)13-11(22)10(21)8(5-19)26-13/h4,8,10-11,13,19,21-22H,3,5-6,15H2,(H,16,20)(H,17,23,24)/t8-,10-,11-,13-/m1/s1. The van der Waals surface area contributed by atoms with Crippen LogP contribution in [0.2, 0.25) is 0 Å². The maximum absolute atomic E-state index is 12.0. The largest absolute Gasteiger partial charge is 0.394 e. The van der Waals surface area contributed by atoms with Gasteiger partial charge in [-0.1, -0.05) is 11.8 Å². The molecule has 1 aliphatic rings. The molecule has 1 aliphatic heterocycles. The molecular formula is C14H18N4O8. The summed E-state index contributed by atoms with van der Waals surface area (Å²) in [5.41, 5.74) is -1.79. The minimum Gasteiger partial charge on any atom is -0.394 e. The number of rotatable bonds is 5. The number of nitrogens with zero attached hydrogens (tertiary/aromatic N) is 1. The molecule has 0 aromatic carbocycles. The van der Waals surface area contributed by atoms with Crippen molar-refractivity contribution in [2.24, 2.45) is 5.90 Å². The Hall–Kier alpha value is -2.53. The first-order chi connectivity index (χ1) is 12.4. The summed E-state index contributed by atoms with van der Waals surface area (Å²) in [5.74, 6) is 9.19. The Balaban J connectivity index is 2.21. The monoisotopic (exact) mass is 370 g/mol. The number of amides is 1. The zero-order chi connectivity index (χ0) is 19.3. The van der Waals surface area contributed by atoms with Crippen molar-refractivity contribution in [3.05, 3.63) is 32.6 Å². The molecule has 0 bridgehead atoms. The van der Waals surface area contributed by atoms with Crippen molar-refractivity contribution >= 4 is 5.91 Å². The normalized spacial score (nSPS) is 24.8. The Morgan fingerprint density at radius 3 is 2.77 bits per heavy atom. The molecule has 4 atom stereocenters. The first-order valence-corrected chi connectivity index (χ1v) is 7.44. The van der Waals surface area contributed by atoms with E-state index in [1.165, 1.54) is 0 Å². The number of hydrogen-bond acceptors (Lipinski definition) is 9. The fraction of sp³-hybridized carbons (Fsp3) is 0.500. The third-order valence-corrected chi connectivity index (χ3v) is 3.57. The second kappa shape index (κ2) is 8.72. The Labute approximate surface area is 146 Å². The molecule has 2 rings (SSSR count). The van der Waals surface area contributed by atoms with Gasteiger partial charge < -0.3 is 25.4 Å². The molecule has 0 radical (unpaired) electrons. The van der Waals surface area contributed by atoms with Gasteiger partial charge in [0.2, 0.25) is 5.91 Å². The van der Waals surface area contributed by atoms with E-state index in [4.69, 9.17) is 15.7 Å². The van der Waals surface area contributed by atoms with E-state index in [0.29, 0.717) is 0 Å². The van der Waals surface area contributed by atoms with Gasteiger partial charge in [0.25, 0.3) is 5.56 Å². The van der Waals surface area contributed by atoms with Crippen LogP contribution in [0.4, 0.5) is 0 Å². The first-order valence-electron chi connectivity index (χ1n) is 7.44. The number of ether oxygens (including phenoxy) is 1. The summed E-state index contributed by atoms with van der Waals surface area (Å²) < 4.78 is 6.10. The molecular weight excluding hydrogens is 352 g/mol. The van der Waals surface area contributed by atoms with Gasteiger partial charge in [-0.25, -0.2) is 10.7 Å². The van der Waals surface area contributed by atoms with E-state index in [9.17, 15) is 24.6 Å². The van der Waals surface area contributed by atoms with Crippen LogP contribution in [0.25, 0.3) is 0 Å². The fourth-order valence-corrected chi connectivity index (χ4v) is 2.28. The molecule has 26 heavy (non-hydrogen) atoms. The number of nitrogens with two attached hydrogens (primary N) is 1. The highest BCUT2D eigenvalue weighted by atomic mass is 16.6. The zero-order valence-corrected chi connectivity index (χ0v) is 13.4. The van der Waals surface area contributed by atoms with Crippen molar-refractivity contribution < 1.29 is 29.7 Å². The fourth-order valence-electron chi connectivity index (χ4n) is 2.28. The summed E-state index contributed by atoms with van der Waals surface area (Å²) in [6.07, 6.45) is -4.23. The van der Waals surface area contributed by atoms with Crippen molar-refractivity contribution in [2.45, 2.75) is 24.5 Å². The van der Waals surface area contributed by atoms with Crippen LogP contribution < -0.4 is 22.5 Å². The van der Waals surface area contributed by atoms with Crippen molar-refractivity contribution in [3.63, 3.8) is 0 Å². The molecule has 0 aliphatic carbocycles. The van der Waals surface area contributed by atoms with Crippen LogP contribution in [0, 0.1) is 11.8 Å². The van der Waals surface area contributed by atoms with E-state index in [1.54, 1.807) is 0 Å². The second-order valence-electron chi connectivity index (χ2n) is 5.33. The van der Waals surface area contributed by atoms with Crippen molar-refractivity contribution in [1.82, 2.24) is 14.9 Å². The summed E-state index contributed by atoms with van der Waals surface area (Å²) in [6.45, 7) is -1.02. The average molecular weight is 370 g/mol. The second-order valence-corrected chi connectivity index (χ2v) is 5.33. The van der Waals surface area contributed by atoms with E-state index < -0.39 is 48.3 Å².